The first-order valence-electron chi connectivity index (χ1n) is 4.37. The van der Waals surface area contributed by atoms with Gasteiger partial charge >= 0.3 is 0 Å². The van der Waals surface area contributed by atoms with Crippen molar-refractivity contribution < 1.29 is 9.90 Å². The number of aliphatic hydroxyl groups excluding tert-OH is 1. The fraction of sp³-hybridized carbons (Fsp3) is 0.889. The van der Waals surface area contributed by atoms with Crippen LogP contribution in [-0.4, -0.2) is 22.1 Å². The van der Waals surface area contributed by atoms with E-state index in [1.807, 2.05) is 20.8 Å². The number of aliphatic hydroxyl groups is 1. The van der Waals surface area contributed by atoms with Crippen LogP contribution in [0.3, 0.4) is 0 Å². The number of thioether (sulfide) groups is 1. The van der Waals surface area contributed by atoms with E-state index in [0.717, 1.165) is 6.42 Å². The highest BCUT2D eigenvalue weighted by Gasteiger charge is 2.14. The van der Waals surface area contributed by atoms with Gasteiger partial charge in [0.1, 0.15) is 5.78 Å². The quantitative estimate of drug-likeness (QED) is 0.651. The Balaban J connectivity index is 3.77. The van der Waals surface area contributed by atoms with Gasteiger partial charge in [0.05, 0.1) is 5.94 Å². The molecule has 0 aliphatic carbocycles. The van der Waals surface area contributed by atoms with E-state index in [9.17, 15) is 4.79 Å². The summed E-state index contributed by atoms with van der Waals surface area (Å²) in [6, 6.07) is 0. The monoisotopic (exact) mass is 190 g/mol. The Hall–Kier alpha value is -0.0200. The molecule has 0 bridgehead atoms. The van der Waals surface area contributed by atoms with Crippen molar-refractivity contribution in [1.82, 2.24) is 0 Å². The third-order valence-electron chi connectivity index (χ3n) is 1.84. The normalized spacial score (nSPS) is 13.4. The minimum Gasteiger partial charge on any atom is -0.386 e. The molecule has 0 saturated carbocycles. The summed E-state index contributed by atoms with van der Waals surface area (Å²) in [6.07, 6.45) is 1.54. The summed E-state index contributed by atoms with van der Waals surface area (Å²) in [4.78, 5) is 11.3. The summed E-state index contributed by atoms with van der Waals surface area (Å²) in [5, 5.41) is 8.97. The SMILES string of the molecule is CCC(CC(=O)C(C)C)SCO. The number of Topliss-reactive ketones (excluding diaryl/α,β-unsaturated/α-hetero) is 1. The van der Waals surface area contributed by atoms with Gasteiger partial charge in [-0.15, -0.1) is 11.8 Å². The summed E-state index contributed by atoms with van der Waals surface area (Å²) >= 11 is 1.46. The molecule has 0 saturated heterocycles. The molecule has 1 unspecified atom stereocenters. The highest BCUT2D eigenvalue weighted by atomic mass is 32.2. The minimum atomic E-state index is 0.115. The number of carbonyl (C=O) groups is 1. The van der Waals surface area contributed by atoms with Crippen molar-refractivity contribution >= 4 is 17.5 Å². The second-order valence-electron chi connectivity index (χ2n) is 3.15. The lowest BCUT2D eigenvalue weighted by Gasteiger charge is -2.12. The molecule has 0 radical (unpaired) electrons. The van der Waals surface area contributed by atoms with E-state index in [1.165, 1.54) is 11.8 Å². The lowest BCUT2D eigenvalue weighted by Crippen LogP contribution is -2.14. The molecule has 0 aliphatic rings. The lowest BCUT2D eigenvalue weighted by atomic mass is 10.0. The maximum absolute atomic E-state index is 11.3. The molecule has 0 spiro atoms. The average molecular weight is 190 g/mol. The van der Waals surface area contributed by atoms with Crippen LogP contribution in [0.25, 0.3) is 0 Å². The van der Waals surface area contributed by atoms with Crippen LogP contribution in [0.15, 0.2) is 0 Å². The number of hydrogen-bond acceptors (Lipinski definition) is 3. The number of hydrogen-bond donors (Lipinski definition) is 1. The van der Waals surface area contributed by atoms with Crippen molar-refractivity contribution in [3.05, 3.63) is 0 Å². The first-order valence-corrected chi connectivity index (χ1v) is 5.41. The molecule has 2 nitrogen and oxygen atoms in total. The van der Waals surface area contributed by atoms with Gasteiger partial charge in [-0.25, -0.2) is 0 Å². The van der Waals surface area contributed by atoms with Gasteiger partial charge in [0, 0.05) is 17.6 Å². The Kier molecular flexibility index (Phi) is 6.48. The first kappa shape index (κ1) is 12.0. The van der Waals surface area contributed by atoms with Gasteiger partial charge in [0.15, 0.2) is 0 Å². The van der Waals surface area contributed by atoms with Crippen LogP contribution in [0.4, 0.5) is 0 Å². The molecular weight excluding hydrogens is 172 g/mol. The Morgan fingerprint density at radius 2 is 2.08 bits per heavy atom. The molecule has 0 heterocycles. The summed E-state index contributed by atoms with van der Waals surface area (Å²) in [7, 11) is 0. The average Bonchev–Trinajstić information content (AvgIpc) is 2.03. The van der Waals surface area contributed by atoms with E-state index in [2.05, 4.69) is 0 Å². The van der Waals surface area contributed by atoms with Crippen molar-refractivity contribution in [2.45, 2.75) is 38.9 Å². The van der Waals surface area contributed by atoms with Gasteiger partial charge in [-0.2, -0.15) is 0 Å². The maximum atomic E-state index is 11.3. The Labute approximate surface area is 78.7 Å². The minimum absolute atomic E-state index is 0.115. The zero-order chi connectivity index (χ0) is 9.56. The van der Waals surface area contributed by atoms with Crippen LogP contribution in [0.5, 0.6) is 0 Å². The van der Waals surface area contributed by atoms with Gasteiger partial charge in [0.2, 0.25) is 0 Å². The Bertz CT molecular complexity index is 134. The molecule has 0 rings (SSSR count). The van der Waals surface area contributed by atoms with Crippen molar-refractivity contribution in [2.24, 2.45) is 5.92 Å². The van der Waals surface area contributed by atoms with Crippen molar-refractivity contribution in [1.29, 1.82) is 0 Å². The van der Waals surface area contributed by atoms with Crippen LogP contribution < -0.4 is 0 Å². The van der Waals surface area contributed by atoms with Crippen LogP contribution in [-0.2, 0) is 4.79 Å². The van der Waals surface area contributed by atoms with Crippen LogP contribution in [0.2, 0.25) is 0 Å². The van der Waals surface area contributed by atoms with Gasteiger partial charge in [-0.05, 0) is 6.42 Å². The molecule has 0 aliphatic heterocycles. The van der Waals surface area contributed by atoms with Gasteiger partial charge in [-0.1, -0.05) is 20.8 Å². The molecule has 3 heteroatoms. The van der Waals surface area contributed by atoms with E-state index in [0.29, 0.717) is 17.5 Å². The summed E-state index contributed by atoms with van der Waals surface area (Å²) in [5.41, 5.74) is 0. The molecular formula is C9H18O2S. The predicted octanol–water partition coefficient (Wildman–Crippen LogP) is 2.06. The lowest BCUT2D eigenvalue weighted by molar-refractivity contribution is -0.121. The summed E-state index contributed by atoms with van der Waals surface area (Å²) in [5.74, 6) is 0.533. The largest absolute Gasteiger partial charge is 0.386 e. The van der Waals surface area contributed by atoms with E-state index < -0.39 is 0 Å². The molecule has 0 aromatic carbocycles. The van der Waals surface area contributed by atoms with Gasteiger partial charge in [0.25, 0.3) is 0 Å². The predicted molar refractivity (Wildman–Crippen MR) is 53.2 cm³/mol. The second-order valence-corrected chi connectivity index (χ2v) is 4.41. The zero-order valence-electron chi connectivity index (χ0n) is 8.04. The first-order chi connectivity index (χ1) is 5.61. The fourth-order valence-electron chi connectivity index (χ4n) is 0.887. The number of rotatable bonds is 6. The molecule has 1 atom stereocenters. The summed E-state index contributed by atoms with van der Waals surface area (Å²) in [6.45, 7) is 5.87. The molecule has 72 valence electrons. The molecule has 0 amide bonds. The number of carbonyl (C=O) groups excluding carboxylic acids is 1. The van der Waals surface area contributed by atoms with Crippen LogP contribution >= 0.6 is 11.8 Å². The number of ketones is 1. The smallest absolute Gasteiger partial charge is 0.136 e. The maximum Gasteiger partial charge on any atom is 0.136 e. The van der Waals surface area contributed by atoms with Crippen molar-refractivity contribution in [3.63, 3.8) is 0 Å². The van der Waals surface area contributed by atoms with E-state index >= 15 is 0 Å². The van der Waals surface area contributed by atoms with Crippen molar-refractivity contribution in [3.8, 4) is 0 Å². The summed E-state index contributed by atoms with van der Waals surface area (Å²) < 4.78 is 0. The third kappa shape index (κ3) is 4.78. The molecule has 0 aromatic rings. The van der Waals surface area contributed by atoms with E-state index in [-0.39, 0.29) is 11.9 Å². The highest BCUT2D eigenvalue weighted by molar-refractivity contribution is 7.99. The van der Waals surface area contributed by atoms with Crippen LogP contribution in [0, 0.1) is 5.92 Å². The van der Waals surface area contributed by atoms with Crippen molar-refractivity contribution in [2.75, 3.05) is 5.94 Å². The highest BCUT2D eigenvalue weighted by Crippen LogP contribution is 2.18. The molecule has 0 aromatic heterocycles. The van der Waals surface area contributed by atoms with E-state index in [4.69, 9.17) is 5.11 Å². The van der Waals surface area contributed by atoms with Gasteiger partial charge in [-0.3, -0.25) is 4.79 Å². The van der Waals surface area contributed by atoms with E-state index in [1.54, 1.807) is 0 Å². The Morgan fingerprint density at radius 3 is 2.42 bits per heavy atom. The standard InChI is InChI=1S/C9H18O2S/c1-4-8(12-6-10)5-9(11)7(2)3/h7-8,10H,4-6H2,1-3H3. The van der Waals surface area contributed by atoms with Gasteiger partial charge < -0.3 is 5.11 Å². The molecule has 0 fully saturated rings. The molecule has 12 heavy (non-hydrogen) atoms. The Morgan fingerprint density at radius 1 is 1.50 bits per heavy atom. The second kappa shape index (κ2) is 6.49. The molecule has 1 N–H and O–H groups in total. The topological polar surface area (TPSA) is 37.3 Å². The van der Waals surface area contributed by atoms with Crippen LogP contribution in [0.1, 0.15) is 33.6 Å². The fourth-order valence-corrected chi connectivity index (χ4v) is 1.62. The zero-order valence-corrected chi connectivity index (χ0v) is 8.86. The third-order valence-corrected chi connectivity index (χ3v) is 2.96.